The highest BCUT2D eigenvalue weighted by molar-refractivity contribution is 7.99. The lowest BCUT2D eigenvalue weighted by molar-refractivity contribution is 0.189. The van der Waals surface area contributed by atoms with Gasteiger partial charge < -0.3 is 23.5 Å². The van der Waals surface area contributed by atoms with Crippen molar-refractivity contribution in [3.05, 3.63) is 47.5 Å². The summed E-state index contributed by atoms with van der Waals surface area (Å²) in [6.45, 7) is 1.90. The summed E-state index contributed by atoms with van der Waals surface area (Å²) in [6.07, 6.45) is 0.846. The molecule has 0 radical (unpaired) electrons. The van der Waals surface area contributed by atoms with Gasteiger partial charge in [-0.1, -0.05) is 35.5 Å². The van der Waals surface area contributed by atoms with Crippen LogP contribution in [0.5, 0.6) is 17.2 Å². The summed E-state index contributed by atoms with van der Waals surface area (Å²) in [4.78, 5) is 0. The van der Waals surface area contributed by atoms with Gasteiger partial charge >= 0.3 is 0 Å². The van der Waals surface area contributed by atoms with Gasteiger partial charge in [0.05, 0.1) is 25.8 Å². The molecule has 1 heterocycles. The van der Waals surface area contributed by atoms with E-state index in [-0.39, 0.29) is 0 Å². The van der Waals surface area contributed by atoms with Gasteiger partial charge in [-0.25, -0.2) is 0 Å². The predicted octanol–water partition coefficient (Wildman–Crippen LogP) is 4.82. The fourth-order valence-electron chi connectivity index (χ4n) is 3.00. The van der Waals surface area contributed by atoms with Crippen LogP contribution in [0, 0.1) is 0 Å². The molecule has 3 rings (SSSR count). The van der Waals surface area contributed by atoms with E-state index in [4.69, 9.17) is 30.5 Å². The Labute approximate surface area is 191 Å². The van der Waals surface area contributed by atoms with Gasteiger partial charge in [0.1, 0.15) is 5.75 Å². The Kier molecular flexibility index (Phi) is 8.87. The van der Waals surface area contributed by atoms with E-state index in [1.54, 1.807) is 33.1 Å². The van der Waals surface area contributed by atoms with Crippen LogP contribution in [0.25, 0.3) is 11.4 Å². The number of hydrogen-bond donors (Lipinski definition) is 0. The van der Waals surface area contributed by atoms with Crippen molar-refractivity contribution in [3.63, 3.8) is 0 Å². The van der Waals surface area contributed by atoms with Crippen LogP contribution in [0.1, 0.15) is 6.42 Å². The van der Waals surface area contributed by atoms with Gasteiger partial charge in [-0.15, -0.1) is 10.2 Å². The smallest absolute Gasteiger partial charge is 0.191 e. The number of aromatic nitrogens is 3. The molecule has 0 amide bonds. The summed E-state index contributed by atoms with van der Waals surface area (Å²) in [5.74, 6) is 3.47. The highest BCUT2D eigenvalue weighted by Gasteiger charge is 2.16. The second-order valence-electron chi connectivity index (χ2n) is 6.50. The molecule has 0 spiro atoms. The van der Waals surface area contributed by atoms with Gasteiger partial charge in [0.15, 0.2) is 22.5 Å². The number of rotatable bonds is 12. The summed E-state index contributed by atoms with van der Waals surface area (Å²) in [7, 11) is 4.93. The molecular weight excluding hydrogens is 438 g/mol. The third-order valence-electron chi connectivity index (χ3n) is 4.50. The molecule has 31 heavy (non-hydrogen) atoms. The number of benzene rings is 2. The summed E-state index contributed by atoms with van der Waals surface area (Å²) >= 11 is 7.73. The molecule has 0 atom stereocenters. The highest BCUT2D eigenvalue weighted by atomic mass is 35.5. The third kappa shape index (κ3) is 6.06. The zero-order valence-electron chi connectivity index (χ0n) is 17.8. The quantitative estimate of drug-likeness (QED) is 0.281. The van der Waals surface area contributed by atoms with E-state index in [0.29, 0.717) is 41.2 Å². The minimum Gasteiger partial charge on any atom is -0.493 e. The summed E-state index contributed by atoms with van der Waals surface area (Å²) in [6, 6.07) is 13.2. The first-order chi connectivity index (χ1) is 15.2. The monoisotopic (exact) mass is 463 g/mol. The maximum atomic E-state index is 6.14. The van der Waals surface area contributed by atoms with Crippen molar-refractivity contribution in [1.82, 2.24) is 14.8 Å². The van der Waals surface area contributed by atoms with Crippen molar-refractivity contribution in [2.24, 2.45) is 0 Å². The molecule has 0 aliphatic rings. The first kappa shape index (κ1) is 23.2. The largest absolute Gasteiger partial charge is 0.493 e. The lowest BCUT2D eigenvalue weighted by Gasteiger charge is -2.12. The molecule has 0 bridgehead atoms. The Morgan fingerprint density at radius 3 is 2.48 bits per heavy atom. The Bertz CT molecular complexity index is 983. The van der Waals surface area contributed by atoms with Crippen LogP contribution in [0.2, 0.25) is 5.02 Å². The maximum Gasteiger partial charge on any atom is 0.191 e. The third-order valence-corrected chi connectivity index (χ3v) is 5.74. The van der Waals surface area contributed by atoms with E-state index in [0.717, 1.165) is 29.5 Å². The second kappa shape index (κ2) is 11.8. The topological polar surface area (TPSA) is 67.6 Å². The van der Waals surface area contributed by atoms with Crippen molar-refractivity contribution < 1.29 is 18.9 Å². The lowest BCUT2D eigenvalue weighted by atomic mass is 10.2. The van der Waals surface area contributed by atoms with Crippen LogP contribution < -0.4 is 14.2 Å². The molecule has 0 fully saturated rings. The number of methoxy groups -OCH3 is 3. The van der Waals surface area contributed by atoms with Gasteiger partial charge in [0.2, 0.25) is 0 Å². The number of nitrogens with zero attached hydrogens (tertiary/aromatic N) is 3. The zero-order chi connectivity index (χ0) is 22.1. The molecule has 0 saturated carbocycles. The molecule has 0 unspecified atom stereocenters. The molecule has 0 saturated heterocycles. The number of hydrogen-bond acceptors (Lipinski definition) is 7. The van der Waals surface area contributed by atoms with Gasteiger partial charge in [0.25, 0.3) is 0 Å². The van der Waals surface area contributed by atoms with E-state index in [2.05, 4.69) is 14.8 Å². The molecule has 7 nitrogen and oxygen atoms in total. The molecule has 1 aromatic heterocycles. The number of halogens is 1. The first-order valence-corrected chi connectivity index (χ1v) is 11.2. The van der Waals surface area contributed by atoms with E-state index in [1.807, 2.05) is 42.5 Å². The minimum absolute atomic E-state index is 0.505. The summed E-state index contributed by atoms with van der Waals surface area (Å²) in [5, 5.41) is 10.3. The van der Waals surface area contributed by atoms with Gasteiger partial charge in [-0.05, 0) is 36.8 Å². The highest BCUT2D eigenvalue weighted by Crippen LogP contribution is 2.33. The number of para-hydroxylation sites is 1. The molecule has 2 aromatic carbocycles. The fraction of sp³-hybridized carbons (Fsp3) is 0.364. The SMILES string of the molecule is COCCCn1c(SCCOc2ccccc2Cl)nnc1-c1ccc(OC)c(OC)c1. The van der Waals surface area contributed by atoms with Crippen LogP contribution >= 0.6 is 23.4 Å². The normalized spacial score (nSPS) is 10.8. The molecule has 0 aliphatic heterocycles. The Morgan fingerprint density at radius 2 is 1.74 bits per heavy atom. The van der Waals surface area contributed by atoms with Gasteiger partial charge in [-0.2, -0.15) is 0 Å². The van der Waals surface area contributed by atoms with Crippen molar-refractivity contribution in [3.8, 4) is 28.6 Å². The second-order valence-corrected chi connectivity index (χ2v) is 7.97. The molecule has 0 aliphatic carbocycles. The Hall–Kier alpha value is -2.42. The fourth-order valence-corrected chi connectivity index (χ4v) is 3.97. The van der Waals surface area contributed by atoms with Crippen molar-refractivity contribution in [1.29, 1.82) is 0 Å². The Morgan fingerprint density at radius 1 is 0.935 bits per heavy atom. The van der Waals surface area contributed by atoms with Crippen molar-refractivity contribution in [2.45, 2.75) is 18.1 Å². The van der Waals surface area contributed by atoms with Gasteiger partial charge in [0, 0.05) is 31.6 Å². The van der Waals surface area contributed by atoms with Crippen molar-refractivity contribution >= 4 is 23.4 Å². The number of thioether (sulfide) groups is 1. The molecular formula is C22H26ClN3O4S. The summed E-state index contributed by atoms with van der Waals surface area (Å²) in [5.41, 5.74) is 0.904. The lowest BCUT2D eigenvalue weighted by Crippen LogP contribution is -2.07. The van der Waals surface area contributed by atoms with Crippen LogP contribution in [0.15, 0.2) is 47.6 Å². The molecule has 0 N–H and O–H groups in total. The van der Waals surface area contributed by atoms with Crippen LogP contribution in [-0.4, -0.2) is 55.1 Å². The van der Waals surface area contributed by atoms with Crippen LogP contribution in [-0.2, 0) is 11.3 Å². The van der Waals surface area contributed by atoms with E-state index >= 15 is 0 Å². The molecule has 166 valence electrons. The number of ether oxygens (including phenoxy) is 4. The van der Waals surface area contributed by atoms with Crippen molar-refractivity contribution in [2.75, 3.05) is 40.3 Å². The zero-order valence-corrected chi connectivity index (χ0v) is 19.4. The molecule has 3 aromatic rings. The standard InChI is InChI=1S/C22H26ClN3O4S/c1-27-12-6-11-26-21(16-9-10-19(28-2)20(15-16)29-3)24-25-22(26)31-14-13-30-18-8-5-4-7-17(18)23/h4-5,7-10,15H,6,11-14H2,1-3H3. The van der Waals surface area contributed by atoms with Crippen LogP contribution in [0.3, 0.4) is 0 Å². The molecule has 9 heteroatoms. The van der Waals surface area contributed by atoms with Gasteiger partial charge in [-0.3, -0.25) is 0 Å². The minimum atomic E-state index is 0.505. The average molecular weight is 464 g/mol. The van der Waals surface area contributed by atoms with Crippen LogP contribution in [0.4, 0.5) is 0 Å². The first-order valence-electron chi connectivity index (χ1n) is 9.82. The van der Waals surface area contributed by atoms with E-state index in [9.17, 15) is 0 Å². The van der Waals surface area contributed by atoms with E-state index in [1.165, 1.54) is 0 Å². The predicted molar refractivity (Wildman–Crippen MR) is 123 cm³/mol. The Balaban J connectivity index is 1.74. The summed E-state index contributed by atoms with van der Waals surface area (Å²) < 4.78 is 23.9. The average Bonchev–Trinajstić information content (AvgIpc) is 3.20. The van der Waals surface area contributed by atoms with E-state index < -0.39 is 0 Å². The maximum absolute atomic E-state index is 6.14.